The Labute approximate surface area is 80.6 Å². The average molecular weight is 226 g/mol. The van der Waals surface area contributed by atoms with Gasteiger partial charge in [-0.2, -0.15) is 8.42 Å². The molecule has 0 aliphatic rings. The van der Waals surface area contributed by atoms with Gasteiger partial charge in [0.1, 0.15) is 5.75 Å². The van der Waals surface area contributed by atoms with Crippen molar-refractivity contribution >= 4 is 16.6 Å². The molecule has 0 aromatic carbocycles. The molecule has 0 saturated carbocycles. The minimum atomic E-state index is -4.11. The molecule has 0 aromatic heterocycles. The van der Waals surface area contributed by atoms with Gasteiger partial charge in [-0.1, -0.05) is 16.5 Å². The third-order valence-electron chi connectivity index (χ3n) is 1.02. The molecule has 1 unspecified atom stereocenters. The number of hydrogen-bond donors (Lipinski definition) is 2. The maximum absolute atomic E-state index is 10.8. The summed E-state index contributed by atoms with van der Waals surface area (Å²) in [5.41, 5.74) is 0. The summed E-state index contributed by atoms with van der Waals surface area (Å²) in [5.74, 6) is -0.767. The number of carbonyl (C=O) groups is 1. The van der Waals surface area contributed by atoms with Crippen LogP contribution in [0.4, 0.5) is 0 Å². The largest absolute Gasteiger partial charge is 0.392 e. The number of carbonyl (C=O) groups excluding carboxylic acids is 1. The van der Waals surface area contributed by atoms with Crippen LogP contribution in [0.25, 0.3) is 0 Å². The minimum Gasteiger partial charge on any atom is -0.392 e. The molecular weight excluding hydrogens is 216 g/mol. The van der Waals surface area contributed by atoms with Crippen molar-refractivity contribution in [2.45, 2.75) is 6.10 Å². The second-order valence-corrected chi connectivity index (χ2v) is 3.75. The smallest absolute Gasteiger partial charge is 0.332 e. The van der Waals surface area contributed by atoms with Gasteiger partial charge < -0.3 is 10.2 Å². The quantitative estimate of drug-likeness (QED) is 0.231. The third-order valence-corrected chi connectivity index (χ3v) is 2.06. The highest BCUT2D eigenvalue weighted by molar-refractivity contribution is 7.86. The maximum Gasteiger partial charge on any atom is 0.332 e. The molecule has 1 atom stereocenters. The molecule has 8 heteroatoms. The zero-order chi connectivity index (χ0) is 11.0. The summed E-state index contributed by atoms with van der Waals surface area (Å²) < 4.78 is 25.3. The minimum absolute atomic E-state index is 0.201. The molecule has 7 nitrogen and oxygen atoms in total. The molecule has 0 aliphatic carbocycles. The van der Waals surface area contributed by atoms with Gasteiger partial charge in [0.15, 0.2) is 0 Å². The lowest BCUT2D eigenvalue weighted by atomic mass is 10.4. The Kier molecular flexibility index (Phi) is 6.04. The van der Waals surface area contributed by atoms with Crippen molar-refractivity contribution in [2.24, 2.45) is 0 Å². The molecule has 0 rings (SSSR count). The van der Waals surface area contributed by atoms with Crippen LogP contribution in [0.2, 0.25) is 0 Å². The predicted molar refractivity (Wildman–Crippen MR) is 44.3 cm³/mol. The van der Waals surface area contributed by atoms with Crippen LogP contribution in [0.15, 0.2) is 12.2 Å². The number of hydrogen-bond acceptors (Lipinski definition) is 7. The van der Waals surface area contributed by atoms with Crippen molar-refractivity contribution in [1.29, 1.82) is 0 Å². The van der Waals surface area contributed by atoms with Gasteiger partial charge in [-0.25, -0.2) is 0 Å². The lowest BCUT2D eigenvalue weighted by Crippen LogP contribution is -2.21. The topological polar surface area (TPSA) is 110 Å². The molecule has 0 radical (unpaired) electrons. The van der Waals surface area contributed by atoms with Crippen molar-refractivity contribution in [2.75, 3.05) is 12.4 Å². The standard InChI is InChI=1S/C6H10O7S/c7-3-1-2-6(9)4-14(10,11)13-12-5-8/h1-2,5-7,9H,3-4H2/b2-1+. The Morgan fingerprint density at radius 1 is 1.43 bits per heavy atom. The summed E-state index contributed by atoms with van der Waals surface area (Å²) in [6.45, 7) is -0.518. The number of rotatable bonds is 7. The van der Waals surface area contributed by atoms with Crippen LogP contribution in [-0.4, -0.2) is 43.6 Å². The van der Waals surface area contributed by atoms with E-state index >= 15 is 0 Å². The Hall–Kier alpha value is -0.960. The fourth-order valence-electron chi connectivity index (χ4n) is 0.586. The summed E-state index contributed by atoms with van der Waals surface area (Å²) in [5, 5.41) is 17.3. The summed E-state index contributed by atoms with van der Waals surface area (Å²) in [6, 6.07) is 0. The molecule has 0 saturated heterocycles. The van der Waals surface area contributed by atoms with E-state index < -0.39 is 22.0 Å². The monoisotopic (exact) mass is 226 g/mol. The fourth-order valence-corrected chi connectivity index (χ4v) is 1.32. The molecule has 0 amide bonds. The molecule has 0 spiro atoms. The molecule has 0 bridgehead atoms. The van der Waals surface area contributed by atoms with Gasteiger partial charge in [-0.05, 0) is 0 Å². The Balaban J connectivity index is 4.08. The molecule has 0 fully saturated rings. The first-order valence-electron chi connectivity index (χ1n) is 3.48. The first-order valence-corrected chi connectivity index (χ1v) is 5.06. The third kappa shape index (κ3) is 6.54. The van der Waals surface area contributed by atoms with Crippen LogP contribution in [-0.2, 0) is 24.1 Å². The van der Waals surface area contributed by atoms with E-state index in [4.69, 9.17) is 10.2 Å². The summed E-state index contributed by atoms with van der Waals surface area (Å²) in [6.07, 6.45) is 0.908. The Morgan fingerprint density at radius 2 is 2.07 bits per heavy atom. The van der Waals surface area contributed by atoms with Crippen LogP contribution in [0.3, 0.4) is 0 Å². The first-order chi connectivity index (χ1) is 6.52. The molecule has 2 N–H and O–H groups in total. The summed E-state index contributed by atoms with van der Waals surface area (Å²) in [7, 11) is -4.11. The normalized spacial score (nSPS) is 14.1. The SMILES string of the molecule is O=COOS(=O)(=O)CC(O)/C=C/CO. The average Bonchev–Trinajstić information content (AvgIpc) is 2.11. The summed E-state index contributed by atoms with van der Waals surface area (Å²) in [4.78, 5) is 13.1. The Morgan fingerprint density at radius 3 is 2.57 bits per heavy atom. The van der Waals surface area contributed by atoms with Crippen LogP contribution in [0, 0.1) is 0 Å². The van der Waals surface area contributed by atoms with Crippen LogP contribution < -0.4 is 0 Å². The van der Waals surface area contributed by atoms with E-state index in [1.807, 2.05) is 0 Å². The molecule has 14 heavy (non-hydrogen) atoms. The summed E-state index contributed by atoms with van der Waals surface area (Å²) >= 11 is 0. The van der Waals surface area contributed by atoms with Gasteiger partial charge >= 0.3 is 16.6 Å². The van der Waals surface area contributed by atoms with E-state index in [1.165, 1.54) is 6.08 Å². The highest BCUT2D eigenvalue weighted by Crippen LogP contribution is 1.98. The van der Waals surface area contributed by atoms with Crippen molar-refractivity contribution in [3.05, 3.63) is 12.2 Å². The van der Waals surface area contributed by atoms with Crippen molar-refractivity contribution in [3.63, 3.8) is 0 Å². The van der Waals surface area contributed by atoms with E-state index in [-0.39, 0.29) is 13.1 Å². The van der Waals surface area contributed by atoms with Crippen molar-refractivity contribution < 1.29 is 32.6 Å². The van der Waals surface area contributed by atoms with Crippen molar-refractivity contribution in [1.82, 2.24) is 0 Å². The zero-order valence-corrected chi connectivity index (χ0v) is 7.88. The van der Waals surface area contributed by atoms with Crippen molar-refractivity contribution in [3.8, 4) is 0 Å². The lowest BCUT2D eigenvalue weighted by molar-refractivity contribution is -0.193. The van der Waals surface area contributed by atoms with E-state index in [9.17, 15) is 13.2 Å². The second-order valence-electron chi connectivity index (χ2n) is 2.16. The van der Waals surface area contributed by atoms with Gasteiger partial charge in [-0.3, -0.25) is 9.68 Å². The van der Waals surface area contributed by atoms with Crippen LogP contribution in [0.5, 0.6) is 0 Å². The van der Waals surface area contributed by atoms with E-state index in [0.717, 1.165) is 6.08 Å². The highest BCUT2D eigenvalue weighted by Gasteiger charge is 2.17. The Bertz CT molecular complexity index is 281. The van der Waals surface area contributed by atoms with Gasteiger partial charge in [0.2, 0.25) is 0 Å². The van der Waals surface area contributed by atoms with Gasteiger partial charge in [0, 0.05) is 0 Å². The number of aliphatic hydroxyl groups is 2. The van der Waals surface area contributed by atoms with E-state index in [2.05, 4.69) is 9.22 Å². The van der Waals surface area contributed by atoms with E-state index in [1.54, 1.807) is 0 Å². The van der Waals surface area contributed by atoms with Gasteiger partial charge in [0.25, 0.3) is 0 Å². The molecule has 82 valence electrons. The van der Waals surface area contributed by atoms with Gasteiger partial charge in [0.05, 0.1) is 12.7 Å². The van der Waals surface area contributed by atoms with Crippen LogP contribution >= 0.6 is 0 Å². The van der Waals surface area contributed by atoms with Gasteiger partial charge in [-0.15, -0.1) is 0 Å². The predicted octanol–water partition coefficient (Wildman–Crippen LogP) is -1.67. The van der Waals surface area contributed by atoms with E-state index in [0.29, 0.717) is 0 Å². The molecular formula is C6H10O7S. The molecule has 0 aliphatic heterocycles. The second kappa shape index (κ2) is 6.49. The van der Waals surface area contributed by atoms with Crippen LogP contribution in [0.1, 0.15) is 0 Å². The lowest BCUT2D eigenvalue weighted by Gasteiger charge is -2.04. The fraction of sp³-hybridized carbons (Fsp3) is 0.500. The number of aliphatic hydroxyl groups excluding tert-OH is 2. The highest BCUT2D eigenvalue weighted by atomic mass is 32.2. The molecule has 0 aromatic rings. The maximum atomic E-state index is 10.8. The zero-order valence-electron chi connectivity index (χ0n) is 7.07. The first kappa shape index (κ1) is 13.0. The molecule has 0 heterocycles.